The van der Waals surface area contributed by atoms with Crippen LogP contribution in [0.1, 0.15) is 10.6 Å². The second-order valence-corrected chi connectivity index (χ2v) is 6.27. The Kier molecular flexibility index (Phi) is 4.52. The van der Waals surface area contributed by atoms with Crippen LogP contribution in [-0.4, -0.2) is 13.3 Å². The Morgan fingerprint density at radius 3 is 2.71 bits per heavy atom. The molecular weight excluding hydrogens is 322 g/mol. The van der Waals surface area contributed by atoms with E-state index in [1.54, 1.807) is 7.11 Å². The van der Waals surface area contributed by atoms with Gasteiger partial charge in [-0.3, -0.25) is 0 Å². The second kappa shape index (κ2) is 6.76. The molecule has 122 valence electrons. The Hall–Kier alpha value is -2.80. The molecule has 6 nitrogen and oxygen atoms in total. The fourth-order valence-electron chi connectivity index (χ4n) is 2.37. The molecule has 1 aromatic heterocycles. The van der Waals surface area contributed by atoms with Crippen molar-refractivity contribution in [3.8, 4) is 5.75 Å². The number of rotatable bonds is 4. The first-order chi connectivity index (χ1) is 11.6. The predicted octanol–water partition coefficient (Wildman–Crippen LogP) is 3.43. The molecule has 0 saturated carbocycles. The molecule has 0 atom stereocenters. The molecule has 7 heteroatoms. The Morgan fingerprint density at radius 1 is 1.29 bits per heavy atom. The molecule has 1 heterocycles. The number of ether oxygens (including phenoxy) is 1. The number of fused-ring (bicyclic) bond motifs is 1. The molecule has 0 radical (unpaired) electrons. The summed E-state index contributed by atoms with van der Waals surface area (Å²) in [5.74, 6) is 0.788. The minimum Gasteiger partial charge on any atom is -0.497 e. The van der Waals surface area contributed by atoms with Gasteiger partial charge < -0.3 is 15.9 Å². The summed E-state index contributed by atoms with van der Waals surface area (Å²) in [4.78, 5) is 1.05. The largest absolute Gasteiger partial charge is 0.497 e. The molecule has 1 aliphatic carbocycles. The van der Waals surface area contributed by atoms with Crippen molar-refractivity contribution in [3.05, 3.63) is 52.2 Å². The van der Waals surface area contributed by atoms with Crippen LogP contribution in [-0.2, 0) is 13.5 Å². The highest BCUT2D eigenvalue weighted by molar-refractivity contribution is 7.15. The first-order valence-corrected chi connectivity index (χ1v) is 8.19. The topological polar surface area (TPSA) is 87.7 Å². The second-order valence-electron chi connectivity index (χ2n) is 5.26. The molecule has 1 aliphatic rings. The van der Waals surface area contributed by atoms with Crippen molar-refractivity contribution in [1.29, 1.82) is 5.41 Å². The molecule has 3 N–H and O–H groups in total. The van der Waals surface area contributed by atoms with Gasteiger partial charge in [0, 0.05) is 23.9 Å². The zero-order valence-electron chi connectivity index (χ0n) is 13.5. The Morgan fingerprint density at radius 2 is 2.04 bits per heavy atom. The van der Waals surface area contributed by atoms with Crippen LogP contribution >= 0.6 is 11.3 Å². The molecule has 0 amide bonds. The molecule has 3 rings (SSSR count). The van der Waals surface area contributed by atoms with E-state index < -0.39 is 0 Å². The summed E-state index contributed by atoms with van der Waals surface area (Å²) in [6, 6.07) is 7.42. The van der Waals surface area contributed by atoms with E-state index in [4.69, 9.17) is 15.9 Å². The van der Waals surface area contributed by atoms with E-state index >= 15 is 0 Å². The summed E-state index contributed by atoms with van der Waals surface area (Å²) in [5.41, 5.74) is 9.19. The van der Waals surface area contributed by atoms with Gasteiger partial charge in [0.15, 0.2) is 0 Å². The quantitative estimate of drug-likeness (QED) is 0.507. The lowest BCUT2D eigenvalue weighted by Crippen LogP contribution is -2.30. The molecule has 0 saturated heterocycles. The summed E-state index contributed by atoms with van der Waals surface area (Å²) in [7, 11) is 3.59. The standard InChI is InChI=1S/C17H18N5OS/c1-22-15-8-7-14(19)11(10-18)9-16(15)24-17(22)21-20-12-3-5-13(23-2)6-4-12/h3-7,9-10,18H,8,19H2,1-2H3/q+1. The Balaban J connectivity index is 1.91. The van der Waals surface area contributed by atoms with Crippen LogP contribution in [0.2, 0.25) is 0 Å². The summed E-state index contributed by atoms with van der Waals surface area (Å²) in [5, 5.41) is 16.9. The van der Waals surface area contributed by atoms with Crippen LogP contribution in [0.25, 0.3) is 6.08 Å². The van der Waals surface area contributed by atoms with Crippen molar-refractivity contribution in [3.63, 3.8) is 0 Å². The van der Waals surface area contributed by atoms with Crippen LogP contribution in [0.5, 0.6) is 5.75 Å². The van der Waals surface area contributed by atoms with Crippen molar-refractivity contribution in [2.45, 2.75) is 6.42 Å². The van der Waals surface area contributed by atoms with Gasteiger partial charge in [-0.05, 0) is 46.8 Å². The number of thiazole rings is 1. The molecule has 1 aromatic carbocycles. The maximum atomic E-state index is 7.48. The number of allylic oxidation sites excluding steroid dienone is 2. The third kappa shape index (κ3) is 3.11. The van der Waals surface area contributed by atoms with Gasteiger partial charge in [0.25, 0.3) is 0 Å². The van der Waals surface area contributed by atoms with Gasteiger partial charge in [-0.1, -0.05) is 6.08 Å². The lowest BCUT2D eigenvalue weighted by atomic mass is 10.2. The summed E-state index contributed by atoms with van der Waals surface area (Å²) < 4.78 is 7.15. The van der Waals surface area contributed by atoms with Crippen molar-refractivity contribution in [2.75, 3.05) is 7.11 Å². The summed E-state index contributed by atoms with van der Waals surface area (Å²) >= 11 is 1.53. The number of nitrogens with one attached hydrogen (secondary N) is 1. The number of nitrogens with zero attached hydrogens (tertiary/aromatic N) is 3. The summed E-state index contributed by atoms with van der Waals surface area (Å²) in [6.07, 6.45) is 5.84. The molecule has 0 aliphatic heterocycles. The van der Waals surface area contributed by atoms with Gasteiger partial charge in [-0.2, -0.15) is 0 Å². The molecule has 24 heavy (non-hydrogen) atoms. The molecule has 2 aromatic rings. The number of methoxy groups -OCH3 is 1. The van der Waals surface area contributed by atoms with Crippen LogP contribution < -0.4 is 15.0 Å². The minimum atomic E-state index is 0.634. The van der Waals surface area contributed by atoms with Gasteiger partial charge >= 0.3 is 5.13 Å². The third-order valence-electron chi connectivity index (χ3n) is 3.79. The van der Waals surface area contributed by atoms with E-state index in [1.165, 1.54) is 17.6 Å². The van der Waals surface area contributed by atoms with Gasteiger partial charge in [0.1, 0.15) is 17.1 Å². The zero-order chi connectivity index (χ0) is 17.1. The number of aromatic nitrogens is 1. The highest BCUT2D eigenvalue weighted by atomic mass is 32.1. The van der Waals surface area contributed by atoms with Gasteiger partial charge in [0.05, 0.1) is 24.1 Å². The van der Waals surface area contributed by atoms with E-state index in [0.29, 0.717) is 17.7 Å². The smallest absolute Gasteiger partial charge is 0.409 e. The molecular formula is C17H18N5OS+. The fraction of sp³-hybridized carbons (Fsp3) is 0.176. The first kappa shape index (κ1) is 16.1. The number of hydrogen-bond donors (Lipinski definition) is 2. The number of azo groups is 1. The monoisotopic (exact) mass is 340 g/mol. The van der Waals surface area contributed by atoms with Gasteiger partial charge in [0.2, 0.25) is 0 Å². The fourth-order valence-corrected chi connectivity index (χ4v) is 3.42. The van der Waals surface area contributed by atoms with E-state index in [-0.39, 0.29) is 0 Å². The minimum absolute atomic E-state index is 0.634. The number of nitrogens with two attached hydrogens (primary N) is 1. The Labute approximate surface area is 144 Å². The lowest BCUT2D eigenvalue weighted by molar-refractivity contribution is -0.661. The predicted molar refractivity (Wildman–Crippen MR) is 95.4 cm³/mol. The summed E-state index contributed by atoms with van der Waals surface area (Å²) in [6.45, 7) is 0. The maximum Gasteiger partial charge on any atom is 0.409 e. The van der Waals surface area contributed by atoms with Crippen LogP contribution in [0.15, 0.2) is 51.8 Å². The van der Waals surface area contributed by atoms with Crippen molar-refractivity contribution >= 4 is 34.4 Å². The molecule has 0 spiro atoms. The van der Waals surface area contributed by atoms with E-state index in [1.807, 2.05) is 48.0 Å². The lowest BCUT2D eigenvalue weighted by Gasteiger charge is -1.97. The van der Waals surface area contributed by atoms with Crippen molar-refractivity contribution in [1.82, 2.24) is 0 Å². The van der Waals surface area contributed by atoms with E-state index in [9.17, 15) is 0 Å². The highest BCUT2D eigenvalue weighted by Crippen LogP contribution is 2.30. The molecule has 0 fully saturated rings. The van der Waals surface area contributed by atoms with Crippen molar-refractivity contribution in [2.24, 2.45) is 23.0 Å². The molecule has 0 unspecified atom stereocenters. The third-order valence-corrected chi connectivity index (χ3v) is 4.90. The highest BCUT2D eigenvalue weighted by Gasteiger charge is 2.22. The number of benzene rings is 1. The molecule has 0 bridgehead atoms. The maximum absolute atomic E-state index is 7.48. The SMILES string of the molecule is COc1ccc(N=Nc2sc3c([n+]2C)CC=C(N)C(C=N)=C3)cc1. The first-order valence-electron chi connectivity index (χ1n) is 7.38. The van der Waals surface area contributed by atoms with Crippen LogP contribution in [0.3, 0.4) is 0 Å². The van der Waals surface area contributed by atoms with Crippen molar-refractivity contribution < 1.29 is 9.30 Å². The van der Waals surface area contributed by atoms with Crippen LogP contribution in [0.4, 0.5) is 10.8 Å². The van der Waals surface area contributed by atoms with Crippen LogP contribution in [0, 0.1) is 5.41 Å². The van der Waals surface area contributed by atoms with E-state index in [2.05, 4.69) is 10.2 Å². The average Bonchev–Trinajstić information content (AvgIpc) is 2.80. The zero-order valence-corrected chi connectivity index (χ0v) is 14.3. The van der Waals surface area contributed by atoms with E-state index in [0.717, 1.165) is 27.1 Å². The number of hydrogen-bond acceptors (Lipinski definition) is 6. The average molecular weight is 340 g/mol. The van der Waals surface area contributed by atoms with Gasteiger partial charge in [-0.25, -0.2) is 4.57 Å². The Bertz CT molecular complexity index is 862. The normalized spacial score (nSPS) is 13.9. The van der Waals surface area contributed by atoms with Gasteiger partial charge in [-0.15, -0.1) is 0 Å².